The van der Waals surface area contributed by atoms with Crippen molar-refractivity contribution in [3.8, 4) is 0 Å². The van der Waals surface area contributed by atoms with Gasteiger partial charge in [-0.15, -0.1) is 0 Å². The topological polar surface area (TPSA) is 84.4 Å². The zero-order valence-corrected chi connectivity index (χ0v) is 12.2. The van der Waals surface area contributed by atoms with Gasteiger partial charge < -0.3 is 18.3 Å². The fourth-order valence-corrected chi connectivity index (χ4v) is 0.826. The van der Waals surface area contributed by atoms with E-state index in [1.165, 1.54) is 0 Å². The second-order valence-corrected chi connectivity index (χ2v) is 2.20. The molecule has 1 heterocycles. The largest absolute Gasteiger partial charge is 1.00 e. The molecule has 0 saturated carbocycles. The molecule has 0 aromatic rings. The fraction of sp³-hybridized carbons (Fsp3) is 0.667. The van der Waals surface area contributed by atoms with Gasteiger partial charge >= 0.3 is 65.1 Å². The van der Waals surface area contributed by atoms with Crippen molar-refractivity contribution >= 4 is 12.3 Å². The van der Waals surface area contributed by atoms with E-state index in [0.717, 1.165) is 13.1 Å². The van der Waals surface area contributed by atoms with Crippen LogP contribution in [0.1, 0.15) is 9.27 Å². The molecule has 0 aliphatic carbocycles. The summed E-state index contributed by atoms with van der Waals surface area (Å²) in [6, 6.07) is 0. The van der Waals surface area contributed by atoms with Gasteiger partial charge in [0.1, 0.15) is 0 Å². The summed E-state index contributed by atoms with van der Waals surface area (Å²) in [4.78, 5) is 15.9. The third-order valence-electron chi connectivity index (χ3n) is 1.37. The van der Waals surface area contributed by atoms with Crippen LogP contribution in [0.15, 0.2) is 4.99 Å². The van der Waals surface area contributed by atoms with Gasteiger partial charge in [-0.25, -0.2) is 0 Å². The van der Waals surface area contributed by atoms with Crippen LogP contribution in [0.4, 0.5) is 0 Å². The molecule has 0 saturated heterocycles. The van der Waals surface area contributed by atoms with E-state index in [4.69, 9.17) is 5.11 Å². The monoisotopic (exact) mass is 208 g/mol. The Hall–Kier alpha value is 0.900. The fourth-order valence-electron chi connectivity index (χ4n) is 0.826. The Kier molecular flexibility index (Phi) is 16.4. The number of aliphatic carboxylic acids is 1. The molecule has 0 aromatic carbocycles. The molecule has 0 bridgehead atoms. The maximum Gasteiger partial charge on any atom is 1.00 e. The average Bonchev–Trinajstić information content (AvgIpc) is 2.34. The summed E-state index contributed by atoms with van der Waals surface area (Å²) in [5, 5.41) is 8.30. The van der Waals surface area contributed by atoms with Crippen LogP contribution < -0.4 is 59.1 Å². The Balaban J connectivity index is -0.0000000667. The standard InChI is InChI=1S/C6H10N2O2.2Na.H2O.2H/c9-6(10)1-3-8-4-2-7-5-8;;;;;/h5H,1-4H2,(H,9,10);;;1H2;;/q;2*+1;;2*-1. The van der Waals surface area contributed by atoms with E-state index in [9.17, 15) is 4.79 Å². The third-order valence-corrected chi connectivity index (χ3v) is 1.37. The number of aliphatic imine (C=N–C) groups is 1. The average molecular weight is 208 g/mol. The summed E-state index contributed by atoms with van der Waals surface area (Å²) in [5.41, 5.74) is 0. The predicted octanol–water partition coefficient (Wildman–Crippen LogP) is -6.79. The van der Waals surface area contributed by atoms with Crippen molar-refractivity contribution in [2.24, 2.45) is 4.99 Å². The van der Waals surface area contributed by atoms with Crippen molar-refractivity contribution < 1.29 is 77.3 Å². The molecule has 0 atom stereocenters. The quantitative estimate of drug-likeness (QED) is 0.468. The predicted molar refractivity (Wildman–Crippen MR) is 43.0 cm³/mol. The van der Waals surface area contributed by atoms with Crippen molar-refractivity contribution in [2.45, 2.75) is 6.42 Å². The summed E-state index contributed by atoms with van der Waals surface area (Å²) in [5.74, 6) is -0.750. The number of hydrogen-bond donors (Lipinski definition) is 1. The normalized spacial score (nSPS) is 12.5. The summed E-state index contributed by atoms with van der Waals surface area (Å²) in [7, 11) is 0. The number of nitrogens with zero attached hydrogens (tertiary/aromatic N) is 2. The molecule has 0 fully saturated rings. The summed E-state index contributed by atoms with van der Waals surface area (Å²) >= 11 is 0. The van der Waals surface area contributed by atoms with Gasteiger partial charge in [0, 0.05) is 13.1 Å². The number of carboxylic acids is 1. The molecule has 7 heteroatoms. The smallest absolute Gasteiger partial charge is 1.00 e. The van der Waals surface area contributed by atoms with Gasteiger partial charge in [-0.1, -0.05) is 0 Å². The van der Waals surface area contributed by atoms with Crippen LogP contribution in [0.2, 0.25) is 0 Å². The Labute approximate surface area is 124 Å². The van der Waals surface area contributed by atoms with Crippen molar-refractivity contribution in [1.29, 1.82) is 0 Å². The van der Waals surface area contributed by atoms with E-state index >= 15 is 0 Å². The molecule has 1 aliphatic rings. The van der Waals surface area contributed by atoms with Gasteiger partial charge in [-0.3, -0.25) is 9.79 Å². The molecular formula is C6H14N2Na2O3. The van der Waals surface area contributed by atoms with Crippen LogP contribution in [-0.2, 0) is 4.79 Å². The van der Waals surface area contributed by atoms with Crippen molar-refractivity contribution in [1.82, 2.24) is 4.90 Å². The van der Waals surface area contributed by atoms with Crippen LogP contribution in [0.25, 0.3) is 0 Å². The molecule has 0 radical (unpaired) electrons. The van der Waals surface area contributed by atoms with Crippen LogP contribution >= 0.6 is 0 Å². The molecule has 0 spiro atoms. The number of rotatable bonds is 3. The van der Waals surface area contributed by atoms with Crippen molar-refractivity contribution in [2.75, 3.05) is 19.6 Å². The van der Waals surface area contributed by atoms with Crippen molar-refractivity contribution in [3.05, 3.63) is 0 Å². The van der Waals surface area contributed by atoms with E-state index in [0.29, 0.717) is 6.54 Å². The second-order valence-electron chi connectivity index (χ2n) is 2.20. The molecule has 0 aromatic heterocycles. The molecular weight excluding hydrogens is 194 g/mol. The second kappa shape index (κ2) is 11.0. The van der Waals surface area contributed by atoms with E-state index < -0.39 is 5.97 Å². The van der Waals surface area contributed by atoms with Gasteiger partial charge in [0.05, 0.1) is 19.3 Å². The van der Waals surface area contributed by atoms with Gasteiger partial charge in [0.15, 0.2) is 0 Å². The summed E-state index contributed by atoms with van der Waals surface area (Å²) < 4.78 is 0. The first-order valence-corrected chi connectivity index (χ1v) is 3.25. The molecule has 0 unspecified atom stereocenters. The molecule has 5 nitrogen and oxygen atoms in total. The Morgan fingerprint density at radius 1 is 1.62 bits per heavy atom. The van der Waals surface area contributed by atoms with Gasteiger partial charge in [0.25, 0.3) is 0 Å². The number of carboxylic acid groups (broad SMARTS) is 1. The Morgan fingerprint density at radius 2 is 2.23 bits per heavy atom. The van der Waals surface area contributed by atoms with E-state index in [-0.39, 0.29) is 73.9 Å². The maximum absolute atomic E-state index is 10.1. The first kappa shape index (κ1) is 19.5. The molecule has 0 amide bonds. The number of carbonyl (C=O) groups is 1. The van der Waals surface area contributed by atoms with Gasteiger partial charge in [-0.05, 0) is 0 Å². The number of hydrogen-bond acceptors (Lipinski definition) is 3. The minimum atomic E-state index is -0.750. The molecule has 1 aliphatic heterocycles. The molecule has 13 heavy (non-hydrogen) atoms. The van der Waals surface area contributed by atoms with Gasteiger partial charge in [-0.2, -0.15) is 0 Å². The van der Waals surface area contributed by atoms with Gasteiger partial charge in [0.2, 0.25) is 0 Å². The van der Waals surface area contributed by atoms with E-state index in [1.54, 1.807) is 6.34 Å². The van der Waals surface area contributed by atoms with E-state index in [2.05, 4.69) is 4.99 Å². The minimum Gasteiger partial charge on any atom is -1.00 e. The zero-order chi connectivity index (χ0) is 7.40. The molecule has 68 valence electrons. The summed E-state index contributed by atoms with van der Waals surface area (Å²) in [6.45, 7) is 2.26. The summed E-state index contributed by atoms with van der Waals surface area (Å²) in [6.07, 6.45) is 1.91. The maximum atomic E-state index is 10.1. The zero-order valence-electron chi connectivity index (χ0n) is 10.2. The first-order chi connectivity index (χ1) is 4.79. The SMILES string of the molecule is O.O=C(O)CCN1C=NCC1.[H-].[H-].[Na+].[Na+]. The van der Waals surface area contributed by atoms with Crippen molar-refractivity contribution in [3.63, 3.8) is 0 Å². The minimum absolute atomic E-state index is 0. The van der Waals surface area contributed by atoms with Crippen LogP contribution in [0, 0.1) is 0 Å². The molecule has 3 N–H and O–H groups in total. The molecule has 1 rings (SSSR count). The van der Waals surface area contributed by atoms with Crippen LogP contribution in [-0.4, -0.2) is 47.4 Å². The van der Waals surface area contributed by atoms with Crippen LogP contribution in [0.3, 0.4) is 0 Å². The first-order valence-electron chi connectivity index (χ1n) is 3.25. The van der Waals surface area contributed by atoms with E-state index in [1.807, 2.05) is 4.90 Å². The Morgan fingerprint density at radius 3 is 2.62 bits per heavy atom. The third kappa shape index (κ3) is 9.21. The van der Waals surface area contributed by atoms with Crippen LogP contribution in [0.5, 0.6) is 0 Å². The Bertz CT molecular complexity index is 174.